The van der Waals surface area contributed by atoms with Crippen molar-refractivity contribution in [3.8, 4) is 0 Å². The molecule has 2 heteroatoms. The lowest BCUT2D eigenvalue weighted by atomic mass is 9.98. The zero-order valence-corrected chi connectivity index (χ0v) is 12.3. The van der Waals surface area contributed by atoms with Gasteiger partial charge in [-0.1, -0.05) is 60.2 Å². The number of benzene rings is 2. The predicted octanol–water partition coefficient (Wildman–Crippen LogP) is 6.02. The van der Waals surface area contributed by atoms with Gasteiger partial charge in [0.05, 0.1) is 0 Å². The number of unbranched alkanes of at least 4 members (excludes halogenated alkanes) is 1. The lowest BCUT2D eigenvalue weighted by Gasteiger charge is -2.07. The minimum absolute atomic E-state index is 0.183. The van der Waals surface area contributed by atoms with Gasteiger partial charge in [-0.15, -0.1) is 0 Å². The average molecular weight is 286 g/mol. The van der Waals surface area contributed by atoms with E-state index >= 15 is 0 Å². The van der Waals surface area contributed by atoms with Gasteiger partial charge in [0.2, 0.25) is 0 Å². The molecule has 2 rings (SSSR count). The molecule has 0 amide bonds. The maximum atomic E-state index is 13.1. The molecule has 0 saturated carbocycles. The quantitative estimate of drug-likeness (QED) is 0.570. The van der Waals surface area contributed by atoms with Gasteiger partial charge in [-0.2, -0.15) is 8.78 Å². The Hall–Kier alpha value is -1.96. The molecule has 0 aromatic heterocycles. The second-order valence-electron chi connectivity index (χ2n) is 5.30. The first-order valence-electron chi connectivity index (χ1n) is 7.32. The van der Waals surface area contributed by atoms with E-state index in [1.807, 2.05) is 37.3 Å². The molecule has 0 aliphatic carbocycles. The van der Waals surface area contributed by atoms with E-state index < -0.39 is 6.08 Å². The average Bonchev–Trinajstić information content (AvgIpc) is 2.49. The van der Waals surface area contributed by atoms with Gasteiger partial charge in [-0.25, -0.2) is 0 Å². The van der Waals surface area contributed by atoms with Gasteiger partial charge < -0.3 is 0 Å². The van der Waals surface area contributed by atoms with Gasteiger partial charge in [0.1, 0.15) is 0 Å². The first-order valence-corrected chi connectivity index (χ1v) is 7.32. The summed E-state index contributed by atoms with van der Waals surface area (Å²) >= 11 is 0. The van der Waals surface area contributed by atoms with Crippen LogP contribution in [-0.2, 0) is 6.42 Å². The van der Waals surface area contributed by atoms with E-state index in [1.54, 1.807) is 12.1 Å². The number of allylic oxidation sites excluding steroid dienone is 1. The minimum atomic E-state index is -1.56. The molecule has 0 radical (unpaired) electrons. The normalized spacial score (nSPS) is 10.4. The second kappa shape index (κ2) is 7.72. The van der Waals surface area contributed by atoms with Crippen LogP contribution in [-0.4, -0.2) is 0 Å². The Balaban J connectivity index is 1.90. The van der Waals surface area contributed by atoms with Crippen molar-refractivity contribution >= 4 is 5.57 Å². The van der Waals surface area contributed by atoms with Crippen LogP contribution in [0.3, 0.4) is 0 Å². The molecule has 0 bridgehead atoms. The van der Waals surface area contributed by atoms with E-state index in [4.69, 9.17) is 0 Å². The monoisotopic (exact) mass is 286 g/mol. The van der Waals surface area contributed by atoms with Crippen molar-refractivity contribution in [3.05, 3.63) is 77.4 Å². The van der Waals surface area contributed by atoms with Crippen LogP contribution in [0.5, 0.6) is 0 Å². The van der Waals surface area contributed by atoms with Gasteiger partial charge in [-0.3, -0.25) is 0 Å². The van der Waals surface area contributed by atoms with Crippen LogP contribution in [0.1, 0.15) is 36.0 Å². The molecular formula is C19H20F2. The molecule has 0 unspecified atom stereocenters. The summed E-state index contributed by atoms with van der Waals surface area (Å²) < 4.78 is 26.2. The largest absolute Gasteiger partial charge is 0.274 e. The van der Waals surface area contributed by atoms with E-state index in [0.29, 0.717) is 12.0 Å². The summed E-state index contributed by atoms with van der Waals surface area (Å²) in [4.78, 5) is 0. The number of rotatable bonds is 6. The van der Waals surface area contributed by atoms with Crippen molar-refractivity contribution in [2.75, 3.05) is 0 Å². The van der Waals surface area contributed by atoms with Gasteiger partial charge in [0.15, 0.2) is 0 Å². The Morgan fingerprint density at radius 3 is 2.14 bits per heavy atom. The zero-order chi connectivity index (χ0) is 15.1. The summed E-state index contributed by atoms with van der Waals surface area (Å²) in [5.74, 6) is 0. The fourth-order valence-electron chi connectivity index (χ4n) is 2.38. The smallest absolute Gasteiger partial charge is 0.173 e. The molecule has 2 aromatic rings. The Bertz CT molecular complexity index is 579. The molecule has 0 saturated heterocycles. The van der Waals surface area contributed by atoms with Crippen LogP contribution in [0.25, 0.3) is 5.57 Å². The Morgan fingerprint density at radius 2 is 1.52 bits per heavy atom. The molecule has 2 aromatic carbocycles. The van der Waals surface area contributed by atoms with Crippen molar-refractivity contribution in [2.45, 2.75) is 32.6 Å². The highest BCUT2D eigenvalue weighted by atomic mass is 19.3. The summed E-state index contributed by atoms with van der Waals surface area (Å²) in [7, 11) is 0. The highest BCUT2D eigenvalue weighted by Gasteiger charge is 2.09. The van der Waals surface area contributed by atoms with Crippen LogP contribution in [0.4, 0.5) is 8.78 Å². The van der Waals surface area contributed by atoms with Crippen LogP contribution < -0.4 is 0 Å². The van der Waals surface area contributed by atoms with Crippen molar-refractivity contribution in [3.63, 3.8) is 0 Å². The maximum Gasteiger partial charge on any atom is 0.274 e. The number of aryl methyl sites for hydroxylation is 2. The summed E-state index contributed by atoms with van der Waals surface area (Å²) in [6.45, 7) is 1.96. The summed E-state index contributed by atoms with van der Waals surface area (Å²) in [5, 5.41) is 0. The van der Waals surface area contributed by atoms with E-state index in [2.05, 4.69) is 12.1 Å². The van der Waals surface area contributed by atoms with Gasteiger partial charge in [-0.05, 0) is 43.7 Å². The highest BCUT2D eigenvalue weighted by Crippen LogP contribution is 2.26. The lowest BCUT2D eigenvalue weighted by Crippen LogP contribution is -1.90. The fourth-order valence-corrected chi connectivity index (χ4v) is 2.38. The lowest BCUT2D eigenvalue weighted by molar-refractivity contribution is 0.422. The third kappa shape index (κ3) is 4.82. The molecule has 0 fully saturated rings. The van der Waals surface area contributed by atoms with Gasteiger partial charge in [0.25, 0.3) is 6.08 Å². The standard InChI is InChI=1S/C19H20F2/c1-15-11-13-17(14-12-15)18(19(20)21)10-6-5-9-16-7-3-2-4-8-16/h2-4,7-8,11-14H,5-6,9-10H2,1H3. The Kier molecular flexibility index (Phi) is 5.68. The predicted molar refractivity (Wildman–Crippen MR) is 84.3 cm³/mol. The number of hydrogen-bond donors (Lipinski definition) is 0. The van der Waals surface area contributed by atoms with E-state index in [1.165, 1.54) is 5.56 Å². The minimum Gasteiger partial charge on any atom is -0.173 e. The fraction of sp³-hybridized carbons (Fsp3) is 0.263. The van der Waals surface area contributed by atoms with E-state index in [9.17, 15) is 8.78 Å². The van der Waals surface area contributed by atoms with Gasteiger partial charge >= 0.3 is 0 Å². The van der Waals surface area contributed by atoms with Crippen LogP contribution >= 0.6 is 0 Å². The first-order chi connectivity index (χ1) is 10.2. The molecule has 0 nitrogen and oxygen atoms in total. The highest BCUT2D eigenvalue weighted by molar-refractivity contribution is 5.66. The number of hydrogen-bond acceptors (Lipinski definition) is 0. The summed E-state index contributed by atoms with van der Waals surface area (Å²) in [6.07, 6.45) is 1.51. The third-order valence-electron chi connectivity index (χ3n) is 3.61. The molecule has 0 aliphatic rings. The van der Waals surface area contributed by atoms with E-state index in [0.717, 1.165) is 24.8 Å². The van der Waals surface area contributed by atoms with Crippen molar-refractivity contribution < 1.29 is 8.78 Å². The molecule has 0 N–H and O–H groups in total. The van der Waals surface area contributed by atoms with Crippen LogP contribution in [0.15, 0.2) is 60.7 Å². The molecule has 21 heavy (non-hydrogen) atoms. The molecule has 0 spiro atoms. The Labute approximate surface area is 125 Å². The Morgan fingerprint density at radius 1 is 0.857 bits per heavy atom. The molecule has 0 atom stereocenters. The molecular weight excluding hydrogens is 266 g/mol. The zero-order valence-electron chi connectivity index (χ0n) is 12.3. The molecule has 0 heterocycles. The van der Waals surface area contributed by atoms with Crippen molar-refractivity contribution in [1.82, 2.24) is 0 Å². The van der Waals surface area contributed by atoms with Crippen LogP contribution in [0, 0.1) is 6.92 Å². The van der Waals surface area contributed by atoms with Gasteiger partial charge in [0, 0.05) is 5.57 Å². The number of halogens is 2. The maximum absolute atomic E-state index is 13.1. The summed E-state index contributed by atoms with van der Waals surface area (Å²) in [5.41, 5.74) is 3.17. The molecule has 110 valence electrons. The van der Waals surface area contributed by atoms with Crippen molar-refractivity contribution in [2.24, 2.45) is 0 Å². The van der Waals surface area contributed by atoms with Crippen LogP contribution in [0.2, 0.25) is 0 Å². The molecule has 0 aliphatic heterocycles. The first kappa shape index (κ1) is 15.4. The van der Waals surface area contributed by atoms with E-state index in [-0.39, 0.29) is 5.57 Å². The topological polar surface area (TPSA) is 0 Å². The third-order valence-corrected chi connectivity index (χ3v) is 3.61. The SMILES string of the molecule is Cc1ccc(C(CCCCc2ccccc2)=C(F)F)cc1. The second-order valence-corrected chi connectivity index (χ2v) is 5.30. The van der Waals surface area contributed by atoms with Crippen molar-refractivity contribution in [1.29, 1.82) is 0 Å². The summed E-state index contributed by atoms with van der Waals surface area (Å²) in [6, 6.07) is 17.5.